The van der Waals surface area contributed by atoms with Gasteiger partial charge in [-0.3, -0.25) is 0 Å². The number of thioether (sulfide) groups is 1. The molecular formula is C9H18S. The SMILES string of the molecule is CCC(C)C(CC)C1CS1. The van der Waals surface area contributed by atoms with Crippen LogP contribution in [0.25, 0.3) is 0 Å². The molecule has 0 bridgehead atoms. The first-order valence-electron chi connectivity index (χ1n) is 4.41. The summed E-state index contributed by atoms with van der Waals surface area (Å²) in [5.41, 5.74) is 0. The van der Waals surface area contributed by atoms with E-state index in [4.69, 9.17) is 0 Å². The number of rotatable bonds is 4. The molecule has 0 aromatic carbocycles. The van der Waals surface area contributed by atoms with Gasteiger partial charge < -0.3 is 0 Å². The van der Waals surface area contributed by atoms with Crippen LogP contribution in [0.3, 0.4) is 0 Å². The fraction of sp³-hybridized carbons (Fsp3) is 1.00. The van der Waals surface area contributed by atoms with Crippen molar-refractivity contribution in [3.8, 4) is 0 Å². The zero-order chi connectivity index (χ0) is 7.56. The summed E-state index contributed by atoms with van der Waals surface area (Å²) in [5, 5.41) is 1.03. The summed E-state index contributed by atoms with van der Waals surface area (Å²) in [6.07, 6.45) is 2.74. The van der Waals surface area contributed by atoms with Gasteiger partial charge in [0, 0.05) is 11.0 Å². The monoisotopic (exact) mass is 158 g/mol. The van der Waals surface area contributed by atoms with Crippen LogP contribution in [-0.4, -0.2) is 11.0 Å². The van der Waals surface area contributed by atoms with Crippen LogP contribution in [0.5, 0.6) is 0 Å². The van der Waals surface area contributed by atoms with E-state index >= 15 is 0 Å². The first-order valence-corrected chi connectivity index (χ1v) is 5.46. The van der Waals surface area contributed by atoms with Crippen molar-refractivity contribution in [2.24, 2.45) is 11.8 Å². The van der Waals surface area contributed by atoms with Crippen LogP contribution < -0.4 is 0 Å². The van der Waals surface area contributed by atoms with E-state index in [2.05, 4.69) is 32.5 Å². The molecule has 0 aliphatic carbocycles. The molecule has 0 saturated carbocycles. The summed E-state index contributed by atoms with van der Waals surface area (Å²) < 4.78 is 0. The predicted octanol–water partition coefficient (Wildman–Crippen LogP) is 3.17. The van der Waals surface area contributed by atoms with E-state index in [1.807, 2.05) is 0 Å². The maximum Gasteiger partial charge on any atom is 0.0169 e. The Hall–Kier alpha value is 0.350. The zero-order valence-electron chi connectivity index (χ0n) is 7.26. The number of hydrogen-bond donors (Lipinski definition) is 0. The predicted molar refractivity (Wildman–Crippen MR) is 49.5 cm³/mol. The van der Waals surface area contributed by atoms with Crippen molar-refractivity contribution in [1.82, 2.24) is 0 Å². The third kappa shape index (κ3) is 1.91. The topological polar surface area (TPSA) is 0 Å². The van der Waals surface area contributed by atoms with Gasteiger partial charge in [-0.15, -0.1) is 0 Å². The van der Waals surface area contributed by atoms with Crippen LogP contribution >= 0.6 is 11.8 Å². The Labute approximate surface area is 68.8 Å². The summed E-state index contributed by atoms with van der Waals surface area (Å²) in [6.45, 7) is 7.03. The summed E-state index contributed by atoms with van der Waals surface area (Å²) in [6, 6.07) is 0. The molecule has 0 radical (unpaired) electrons. The lowest BCUT2D eigenvalue weighted by molar-refractivity contribution is 0.349. The standard InChI is InChI=1S/C9H18S/c1-4-7(3)8(5-2)9-6-10-9/h7-9H,4-6H2,1-3H3. The van der Waals surface area contributed by atoms with Crippen LogP contribution in [0.4, 0.5) is 0 Å². The van der Waals surface area contributed by atoms with Gasteiger partial charge in [-0.2, -0.15) is 11.8 Å². The lowest BCUT2D eigenvalue weighted by Gasteiger charge is -2.19. The molecule has 1 aliphatic heterocycles. The van der Waals surface area contributed by atoms with Gasteiger partial charge in [-0.05, 0) is 11.8 Å². The fourth-order valence-electron chi connectivity index (χ4n) is 1.64. The second-order valence-corrected chi connectivity index (χ2v) is 4.60. The van der Waals surface area contributed by atoms with E-state index in [1.165, 1.54) is 18.6 Å². The molecule has 10 heavy (non-hydrogen) atoms. The van der Waals surface area contributed by atoms with E-state index in [0.717, 1.165) is 17.1 Å². The van der Waals surface area contributed by atoms with Gasteiger partial charge in [-0.25, -0.2) is 0 Å². The molecule has 0 amide bonds. The van der Waals surface area contributed by atoms with Gasteiger partial charge in [0.1, 0.15) is 0 Å². The van der Waals surface area contributed by atoms with Gasteiger partial charge in [0.15, 0.2) is 0 Å². The Morgan fingerprint density at radius 3 is 2.30 bits per heavy atom. The Kier molecular flexibility index (Phi) is 3.09. The molecule has 0 aromatic heterocycles. The van der Waals surface area contributed by atoms with Crippen molar-refractivity contribution in [2.75, 3.05) is 5.75 Å². The highest BCUT2D eigenvalue weighted by Gasteiger charge is 2.33. The molecule has 1 fully saturated rings. The normalized spacial score (nSPS) is 29.7. The van der Waals surface area contributed by atoms with Crippen LogP contribution in [0.2, 0.25) is 0 Å². The third-order valence-corrected chi connectivity index (χ3v) is 3.75. The van der Waals surface area contributed by atoms with E-state index in [1.54, 1.807) is 0 Å². The molecular weight excluding hydrogens is 140 g/mol. The lowest BCUT2D eigenvalue weighted by Crippen LogP contribution is -2.15. The van der Waals surface area contributed by atoms with E-state index in [-0.39, 0.29) is 0 Å². The lowest BCUT2D eigenvalue weighted by atomic mass is 9.87. The highest BCUT2D eigenvalue weighted by Crippen LogP contribution is 2.42. The summed E-state index contributed by atoms with van der Waals surface area (Å²) in [7, 11) is 0. The molecule has 0 nitrogen and oxygen atoms in total. The Morgan fingerprint density at radius 2 is 2.00 bits per heavy atom. The molecule has 0 aromatic rings. The fourth-order valence-corrected chi connectivity index (χ4v) is 2.70. The molecule has 3 unspecified atom stereocenters. The maximum absolute atomic E-state index is 2.40. The first kappa shape index (κ1) is 8.45. The largest absolute Gasteiger partial charge is 0.156 e. The van der Waals surface area contributed by atoms with Gasteiger partial charge in [-0.1, -0.05) is 33.6 Å². The van der Waals surface area contributed by atoms with E-state index in [0.29, 0.717) is 0 Å². The zero-order valence-corrected chi connectivity index (χ0v) is 8.08. The Morgan fingerprint density at radius 1 is 1.40 bits per heavy atom. The molecule has 1 heterocycles. The van der Waals surface area contributed by atoms with Crippen molar-refractivity contribution < 1.29 is 0 Å². The van der Waals surface area contributed by atoms with Crippen LogP contribution in [0, 0.1) is 11.8 Å². The minimum atomic E-state index is 0.949. The second-order valence-electron chi connectivity index (χ2n) is 3.33. The highest BCUT2D eigenvalue weighted by atomic mass is 32.2. The maximum atomic E-state index is 2.40. The van der Waals surface area contributed by atoms with Crippen LogP contribution in [0.15, 0.2) is 0 Å². The van der Waals surface area contributed by atoms with Crippen LogP contribution in [0.1, 0.15) is 33.6 Å². The first-order chi connectivity index (χ1) is 4.79. The molecule has 60 valence electrons. The average molecular weight is 158 g/mol. The Balaban J connectivity index is 2.30. The second kappa shape index (κ2) is 3.66. The van der Waals surface area contributed by atoms with Crippen LogP contribution in [-0.2, 0) is 0 Å². The molecule has 0 spiro atoms. The minimum Gasteiger partial charge on any atom is -0.156 e. The van der Waals surface area contributed by atoms with Crippen molar-refractivity contribution >= 4 is 11.8 Å². The van der Waals surface area contributed by atoms with Crippen molar-refractivity contribution in [1.29, 1.82) is 0 Å². The van der Waals surface area contributed by atoms with Gasteiger partial charge in [0.2, 0.25) is 0 Å². The van der Waals surface area contributed by atoms with Crippen molar-refractivity contribution in [3.05, 3.63) is 0 Å². The van der Waals surface area contributed by atoms with Gasteiger partial charge >= 0.3 is 0 Å². The molecule has 0 N–H and O–H groups in total. The smallest absolute Gasteiger partial charge is 0.0169 e. The minimum absolute atomic E-state index is 0.949. The average Bonchev–Trinajstić information content (AvgIpc) is 2.73. The summed E-state index contributed by atoms with van der Waals surface area (Å²) in [4.78, 5) is 0. The summed E-state index contributed by atoms with van der Waals surface area (Å²) in [5.74, 6) is 3.39. The van der Waals surface area contributed by atoms with E-state index < -0.39 is 0 Å². The Bertz CT molecular complexity index is 96.9. The summed E-state index contributed by atoms with van der Waals surface area (Å²) >= 11 is 2.14. The van der Waals surface area contributed by atoms with Crippen molar-refractivity contribution in [2.45, 2.75) is 38.9 Å². The van der Waals surface area contributed by atoms with Gasteiger partial charge in [0.25, 0.3) is 0 Å². The number of hydrogen-bond acceptors (Lipinski definition) is 1. The molecule has 1 aliphatic rings. The van der Waals surface area contributed by atoms with Gasteiger partial charge in [0.05, 0.1) is 0 Å². The van der Waals surface area contributed by atoms with E-state index in [9.17, 15) is 0 Å². The molecule has 1 heteroatoms. The quantitative estimate of drug-likeness (QED) is 0.566. The molecule has 1 rings (SSSR count). The third-order valence-electron chi connectivity index (χ3n) is 2.68. The molecule has 1 saturated heterocycles. The molecule has 3 atom stereocenters. The highest BCUT2D eigenvalue weighted by molar-refractivity contribution is 8.06. The van der Waals surface area contributed by atoms with Crippen molar-refractivity contribution in [3.63, 3.8) is 0 Å².